The van der Waals surface area contributed by atoms with E-state index in [-0.39, 0.29) is 37.6 Å². The van der Waals surface area contributed by atoms with Crippen LogP contribution in [0.1, 0.15) is 13.8 Å². The summed E-state index contributed by atoms with van der Waals surface area (Å²) in [6, 6.07) is 24.2. The van der Waals surface area contributed by atoms with Gasteiger partial charge in [-0.2, -0.15) is 0 Å². The van der Waals surface area contributed by atoms with Crippen molar-refractivity contribution in [1.82, 2.24) is 0 Å². The predicted molar refractivity (Wildman–Crippen MR) is 157 cm³/mol. The molecule has 4 N–H and O–H groups in total. The molecule has 0 unspecified atom stereocenters. The van der Waals surface area contributed by atoms with Crippen LogP contribution in [0.3, 0.4) is 0 Å². The van der Waals surface area contributed by atoms with Crippen molar-refractivity contribution in [2.75, 3.05) is 26.4 Å². The number of fused-ring (bicyclic) bond motifs is 2. The molecule has 4 aromatic rings. The van der Waals surface area contributed by atoms with E-state index in [4.69, 9.17) is 19.7 Å². The SMILES string of the molecule is C=C(C)C(=O)O.C=C(C)C(=O)O.OCCOc1ccc2ccccc2c1-c1c(OCCO)ccc2ccccc12. The third-order valence-electron chi connectivity index (χ3n) is 5.46. The summed E-state index contributed by atoms with van der Waals surface area (Å²) in [6.07, 6.45) is 0. The first-order valence-electron chi connectivity index (χ1n) is 12.4. The molecule has 40 heavy (non-hydrogen) atoms. The lowest BCUT2D eigenvalue weighted by atomic mass is 9.92. The first-order valence-corrected chi connectivity index (χ1v) is 12.4. The second-order valence-corrected chi connectivity index (χ2v) is 8.63. The average Bonchev–Trinajstić information content (AvgIpc) is 2.95. The Balaban J connectivity index is 0.000000393. The maximum atomic E-state index is 9.60. The Labute approximate surface area is 233 Å². The minimum atomic E-state index is -0.935. The average molecular weight is 547 g/mol. The zero-order valence-corrected chi connectivity index (χ0v) is 22.6. The lowest BCUT2D eigenvalue weighted by molar-refractivity contribution is -0.133. The van der Waals surface area contributed by atoms with Crippen LogP contribution in [0.4, 0.5) is 0 Å². The summed E-state index contributed by atoms with van der Waals surface area (Å²) in [5.41, 5.74) is 2.21. The third kappa shape index (κ3) is 8.69. The van der Waals surface area contributed by atoms with E-state index < -0.39 is 11.9 Å². The second-order valence-electron chi connectivity index (χ2n) is 8.63. The Kier molecular flexibility index (Phi) is 12.4. The van der Waals surface area contributed by atoms with Gasteiger partial charge in [0.15, 0.2) is 0 Å². The van der Waals surface area contributed by atoms with Crippen molar-refractivity contribution in [2.24, 2.45) is 0 Å². The van der Waals surface area contributed by atoms with Crippen LogP contribution in [-0.2, 0) is 9.59 Å². The highest BCUT2D eigenvalue weighted by atomic mass is 16.5. The molecule has 0 spiro atoms. The van der Waals surface area contributed by atoms with E-state index in [0.29, 0.717) is 11.5 Å². The van der Waals surface area contributed by atoms with Crippen LogP contribution in [-0.4, -0.2) is 58.8 Å². The molecule has 0 atom stereocenters. The maximum absolute atomic E-state index is 9.60. The lowest BCUT2D eigenvalue weighted by Crippen LogP contribution is -2.05. The van der Waals surface area contributed by atoms with E-state index in [0.717, 1.165) is 32.7 Å². The van der Waals surface area contributed by atoms with Gasteiger partial charge in [-0.25, -0.2) is 9.59 Å². The molecule has 0 amide bonds. The van der Waals surface area contributed by atoms with Crippen molar-refractivity contribution >= 4 is 33.5 Å². The number of aliphatic carboxylic acids is 2. The Morgan fingerprint density at radius 3 is 1.25 bits per heavy atom. The van der Waals surface area contributed by atoms with Crippen LogP contribution in [0.5, 0.6) is 11.5 Å². The number of aliphatic hydroxyl groups excluding tert-OH is 2. The summed E-state index contributed by atoms with van der Waals surface area (Å²) in [5, 5.41) is 38.6. The molecule has 8 heteroatoms. The van der Waals surface area contributed by atoms with E-state index >= 15 is 0 Å². The topological polar surface area (TPSA) is 134 Å². The first kappa shape index (κ1) is 31.6. The van der Waals surface area contributed by atoms with E-state index in [1.165, 1.54) is 13.8 Å². The van der Waals surface area contributed by atoms with Gasteiger partial charge < -0.3 is 29.9 Å². The Morgan fingerprint density at radius 2 is 0.950 bits per heavy atom. The zero-order valence-electron chi connectivity index (χ0n) is 22.6. The highest BCUT2D eigenvalue weighted by Gasteiger charge is 2.18. The van der Waals surface area contributed by atoms with Gasteiger partial charge in [0.1, 0.15) is 24.7 Å². The molecule has 0 aromatic heterocycles. The zero-order chi connectivity index (χ0) is 29.7. The summed E-state index contributed by atoms with van der Waals surface area (Å²) < 4.78 is 11.8. The number of rotatable bonds is 9. The van der Waals surface area contributed by atoms with Crippen LogP contribution in [0, 0.1) is 0 Å². The number of carboxylic acid groups (broad SMARTS) is 2. The van der Waals surface area contributed by atoms with Gasteiger partial charge in [-0.1, -0.05) is 73.8 Å². The molecular weight excluding hydrogens is 512 g/mol. The minimum Gasteiger partial charge on any atom is -0.491 e. The quantitative estimate of drug-likeness (QED) is 0.197. The van der Waals surface area contributed by atoms with Crippen LogP contribution < -0.4 is 9.47 Å². The third-order valence-corrected chi connectivity index (χ3v) is 5.46. The predicted octanol–water partition coefficient (Wildman–Crippen LogP) is 5.70. The summed E-state index contributed by atoms with van der Waals surface area (Å²) >= 11 is 0. The Hall–Kier alpha value is -4.66. The fraction of sp³-hybridized carbons (Fsp3) is 0.188. The van der Waals surface area contributed by atoms with E-state index in [9.17, 15) is 19.8 Å². The smallest absolute Gasteiger partial charge is 0.330 e. The number of hydrogen-bond acceptors (Lipinski definition) is 6. The van der Waals surface area contributed by atoms with Crippen LogP contribution >= 0.6 is 0 Å². The molecule has 0 bridgehead atoms. The van der Waals surface area contributed by atoms with Crippen LogP contribution in [0.2, 0.25) is 0 Å². The number of ether oxygens (including phenoxy) is 2. The summed E-state index contributed by atoms with van der Waals surface area (Å²) in [5.74, 6) is -0.485. The van der Waals surface area contributed by atoms with Gasteiger partial charge in [0.2, 0.25) is 0 Å². The number of carbonyl (C=O) groups is 2. The molecule has 0 heterocycles. The van der Waals surface area contributed by atoms with Gasteiger partial charge in [0.05, 0.1) is 13.2 Å². The number of hydrogen-bond donors (Lipinski definition) is 4. The first-order chi connectivity index (χ1) is 19.1. The monoisotopic (exact) mass is 546 g/mol. The molecule has 0 saturated carbocycles. The molecule has 8 nitrogen and oxygen atoms in total. The molecule has 4 aromatic carbocycles. The van der Waals surface area contributed by atoms with E-state index in [1.807, 2.05) is 48.5 Å². The van der Waals surface area contributed by atoms with Crippen molar-refractivity contribution < 1.29 is 39.5 Å². The van der Waals surface area contributed by atoms with Crippen LogP contribution in [0.25, 0.3) is 32.7 Å². The van der Waals surface area contributed by atoms with Crippen molar-refractivity contribution in [3.8, 4) is 22.6 Å². The Morgan fingerprint density at radius 1 is 0.625 bits per heavy atom. The minimum absolute atomic E-state index is 0.0598. The molecule has 0 radical (unpaired) electrons. The fourth-order valence-corrected chi connectivity index (χ4v) is 3.57. The second kappa shape index (κ2) is 15.7. The van der Waals surface area contributed by atoms with E-state index in [1.54, 1.807) is 0 Å². The van der Waals surface area contributed by atoms with Gasteiger partial charge in [0.25, 0.3) is 0 Å². The number of benzene rings is 4. The number of carboxylic acids is 2. The van der Waals surface area contributed by atoms with Crippen molar-refractivity contribution in [2.45, 2.75) is 13.8 Å². The summed E-state index contributed by atoms with van der Waals surface area (Å²) in [4.78, 5) is 19.2. The van der Waals surface area contributed by atoms with Gasteiger partial charge in [-0.3, -0.25) is 0 Å². The van der Waals surface area contributed by atoms with Gasteiger partial charge in [0, 0.05) is 22.3 Å². The highest BCUT2D eigenvalue weighted by Crippen LogP contribution is 2.45. The standard InChI is InChI=1S/C24H22O4.2C4H6O2/c25-13-15-27-21-11-9-17-5-1-3-7-19(17)23(21)24-20-8-4-2-6-18(20)10-12-22(24)28-16-14-26;2*1-3(2)4(5)6/h1-12,25-26H,13-16H2;2*1H2,2H3,(H,5,6). The Bertz CT molecular complexity index is 1350. The van der Waals surface area contributed by atoms with Crippen molar-refractivity contribution in [3.63, 3.8) is 0 Å². The van der Waals surface area contributed by atoms with Crippen LogP contribution in [0.15, 0.2) is 97.1 Å². The highest BCUT2D eigenvalue weighted by molar-refractivity contribution is 6.09. The molecule has 0 aliphatic carbocycles. The molecule has 0 fully saturated rings. The molecule has 0 saturated heterocycles. The van der Waals surface area contributed by atoms with Gasteiger partial charge in [-0.15, -0.1) is 0 Å². The number of aliphatic hydroxyl groups is 2. The molecule has 0 aliphatic rings. The van der Waals surface area contributed by atoms with Gasteiger partial charge >= 0.3 is 11.9 Å². The lowest BCUT2D eigenvalue weighted by Gasteiger charge is -2.19. The molecule has 210 valence electrons. The maximum Gasteiger partial charge on any atom is 0.330 e. The van der Waals surface area contributed by atoms with Crippen molar-refractivity contribution in [1.29, 1.82) is 0 Å². The fourth-order valence-electron chi connectivity index (χ4n) is 3.57. The van der Waals surface area contributed by atoms with Gasteiger partial charge in [-0.05, 0) is 47.5 Å². The summed E-state index contributed by atoms with van der Waals surface area (Å²) in [6.45, 7) is 9.51. The van der Waals surface area contributed by atoms with E-state index in [2.05, 4.69) is 37.4 Å². The van der Waals surface area contributed by atoms with Crippen molar-refractivity contribution in [3.05, 3.63) is 97.1 Å². The molecule has 4 rings (SSSR count). The molecule has 0 aliphatic heterocycles. The normalized spacial score (nSPS) is 10.0. The molecular formula is C32H34O8. The summed E-state index contributed by atoms with van der Waals surface area (Å²) in [7, 11) is 0. The largest absolute Gasteiger partial charge is 0.491 e.